The first kappa shape index (κ1) is 18.0. The number of anilines is 1. The van der Waals surface area contributed by atoms with E-state index in [9.17, 15) is 9.59 Å². The van der Waals surface area contributed by atoms with Crippen molar-refractivity contribution >= 4 is 33.4 Å². The van der Waals surface area contributed by atoms with Gasteiger partial charge in [0.25, 0.3) is 5.91 Å². The molecule has 0 radical (unpaired) electrons. The van der Waals surface area contributed by atoms with Crippen LogP contribution >= 0.6 is 15.9 Å². The molecule has 0 heterocycles. The maximum absolute atomic E-state index is 12.2. The fraction of sp³-hybridized carbons (Fsp3) is 0.222. The Morgan fingerprint density at radius 1 is 1.17 bits per heavy atom. The second-order valence-electron chi connectivity index (χ2n) is 5.12. The number of para-hydroxylation sites is 1. The van der Waals surface area contributed by atoms with Crippen LogP contribution in [0.5, 0.6) is 5.75 Å². The van der Waals surface area contributed by atoms with Crippen LogP contribution in [-0.4, -0.2) is 25.0 Å². The number of carbonyl (C=O) groups excluding carboxylic acids is 2. The summed E-state index contributed by atoms with van der Waals surface area (Å²) in [4.78, 5) is 24.2. The summed E-state index contributed by atoms with van der Waals surface area (Å²) in [5, 5.41) is 5.35. The first-order valence-electron chi connectivity index (χ1n) is 7.57. The Hall–Kier alpha value is -2.34. The summed E-state index contributed by atoms with van der Waals surface area (Å²) >= 11 is 3.41. The predicted octanol–water partition coefficient (Wildman–Crippen LogP) is 3.52. The van der Waals surface area contributed by atoms with E-state index in [0.29, 0.717) is 23.6 Å². The molecule has 2 aromatic carbocycles. The van der Waals surface area contributed by atoms with Crippen molar-refractivity contribution in [1.29, 1.82) is 0 Å². The number of benzene rings is 2. The van der Waals surface area contributed by atoms with Gasteiger partial charge in [-0.25, -0.2) is 0 Å². The average Bonchev–Trinajstić information content (AvgIpc) is 2.57. The maximum atomic E-state index is 12.2. The Balaban J connectivity index is 1.94. The van der Waals surface area contributed by atoms with Crippen molar-refractivity contribution in [2.75, 3.05) is 18.5 Å². The molecule has 0 saturated carbocycles. The second-order valence-corrected chi connectivity index (χ2v) is 5.98. The van der Waals surface area contributed by atoms with Crippen LogP contribution in [0.2, 0.25) is 0 Å². The summed E-state index contributed by atoms with van der Waals surface area (Å²) in [6.45, 7) is 4.14. The number of aryl methyl sites for hydroxylation is 1. The standard InChI is InChI=1S/C18H19BrN2O3/c1-3-24-16-7-5-4-6-14(16)18(23)20-11-17(22)21-13-8-9-15(19)12(2)10-13/h4-10H,3,11H2,1-2H3,(H,20,23)(H,21,22). The first-order valence-corrected chi connectivity index (χ1v) is 8.36. The van der Waals surface area contributed by atoms with Gasteiger partial charge < -0.3 is 15.4 Å². The minimum Gasteiger partial charge on any atom is -0.493 e. The Kier molecular flexibility index (Phi) is 6.37. The van der Waals surface area contributed by atoms with Crippen molar-refractivity contribution < 1.29 is 14.3 Å². The molecule has 2 amide bonds. The van der Waals surface area contributed by atoms with Gasteiger partial charge in [-0.05, 0) is 49.7 Å². The number of rotatable bonds is 6. The normalized spacial score (nSPS) is 10.1. The van der Waals surface area contributed by atoms with E-state index >= 15 is 0 Å². The molecule has 24 heavy (non-hydrogen) atoms. The van der Waals surface area contributed by atoms with Crippen LogP contribution in [0.3, 0.4) is 0 Å². The molecule has 6 heteroatoms. The zero-order valence-electron chi connectivity index (χ0n) is 13.6. The molecular weight excluding hydrogens is 372 g/mol. The third-order valence-electron chi connectivity index (χ3n) is 3.28. The molecule has 2 aromatic rings. The number of ether oxygens (including phenoxy) is 1. The topological polar surface area (TPSA) is 67.4 Å². The van der Waals surface area contributed by atoms with Crippen LogP contribution in [0.1, 0.15) is 22.8 Å². The van der Waals surface area contributed by atoms with Crippen LogP contribution in [-0.2, 0) is 4.79 Å². The maximum Gasteiger partial charge on any atom is 0.255 e. The summed E-state index contributed by atoms with van der Waals surface area (Å²) in [6, 6.07) is 12.4. The molecule has 0 atom stereocenters. The number of hydrogen-bond acceptors (Lipinski definition) is 3. The van der Waals surface area contributed by atoms with E-state index in [4.69, 9.17) is 4.74 Å². The Bertz CT molecular complexity index is 747. The monoisotopic (exact) mass is 390 g/mol. The zero-order chi connectivity index (χ0) is 17.5. The molecule has 0 aliphatic heterocycles. The Morgan fingerprint density at radius 3 is 2.62 bits per heavy atom. The van der Waals surface area contributed by atoms with Gasteiger partial charge in [0.15, 0.2) is 0 Å². The van der Waals surface area contributed by atoms with Gasteiger partial charge in [-0.2, -0.15) is 0 Å². The van der Waals surface area contributed by atoms with Gasteiger partial charge in [0, 0.05) is 10.2 Å². The summed E-state index contributed by atoms with van der Waals surface area (Å²) in [5.74, 6) is -0.137. The number of halogens is 1. The Labute approximate surface area is 149 Å². The minimum absolute atomic E-state index is 0.117. The van der Waals surface area contributed by atoms with Gasteiger partial charge in [-0.1, -0.05) is 28.1 Å². The highest BCUT2D eigenvalue weighted by Crippen LogP contribution is 2.20. The highest BCUT2D eigenvalue weighted by atomic mass is 79.9. The van der Waals surface area contributed by atoms with Crippen LogP contribution in [0, 0.1) is 6.92 Å². The van der Waals surface area contributed by atoms with E-state index in [2.05, 4.69) is 26.6 Å². The molecular formula is C18H19BrN2O3. The summed E-state index contributed by atoms with van der Waals surface area (Å²) in [7, 11) is 0. The van der Waals surface area contributed by atoms with Crippen LogP contribution in [0.4, 0.5) is 5.69 Å². The molecule has 0 aliphatic carbocycles. The molecule has 0 aliphatic rings. The van der Waals surface area contributed by atoms with Gasteiger partial charge in [-0.15, -0.1) is 0 Å². The smallest absolute Gasteiger partial charge is 0.255 e. The molecule has 126 valence electrons. The van der Waals surface area contributed by atoms with Crippen LogP contribution in [0.15, 0.2) is 46.9 Å². The summed E-state index contributed by atoms with van der Waals surface area (Å²) < 4.78 is 6.39. The van der Waals surface area contributed by atoms with Gasteiger partial charge >= 0.3 is 0 Å². The van der Waals surface area contributed by atoms with Gasteiger partial charge in [0.2, 0.25) is 5.91 Å². The van der Waals surface area contributed by atoms with Crippen LogP contribution in [0.25, 0.3) is 0 Å². The highest BCUT2D eigenvalue weighted by molar-refractivity contribution is 9.10. The van der Waals surface area contributed by atoms with E-state index in [1.165, 1.54) is 0 Å². The molecule has 0 spiro atoms. The lowest BCUT2D eigenvalue weighted by Gasteiger charge is -2.11. The van der Waals surface area contributed by atoms with E-state index < -0.39 is 0 Å². The molecule has 0 unspecified atom stereocenters. The summed E-state index contributed by atoms with van der Waals surface area (Å²) in [6.07, 6.45) is 0. The van der Waals surface area contributed by atoms with E-state index in [-0.39, 0.29) is 18.4 Å². The molecule has 2 rings (SSSR count). The van der Waals surface area contributed by atoms with Crippen molar-refractivity contribution in [3.05, 3.63) is 58.1 Å². The minimum atomic E-state index is -0.346. The van der Waals surface area contributed by atoms with E-state index in [1.807, 2.05) is 26.0 Å². The quantitative estimate of drug-likeness (QED) is 0.792. The number of hydrogen-bond donors (Lipinski definition) is 2. The van der Waals surface area contributed by atoms with Crippen molar-refractivity contribution in [3.8, 4) is 5.75 Å². The van der Waals surface area contributed by atoms with Gasteiger partial charge in [-0.3, -0.25) is 9.59 Å². The zero-order valence-corrected chi connectivity index (χ0v) is 15.1. The van der Waals surface area contributed by atoms with Crippen molar-refractivity contribution in [2.24, 2.45) is 0 Å². The molecule has 2 N–H and O–H groups in total. The fourth-order valence-electron chi connectivity index (χ4n) is 2.12. The molecule has 0 aromatic heterocycles. The fourth-order valence-corrected chi connectivity index (χ4v) is 2.37. The molecule has 0 bridgehead atoms. The first-order chi connectivity index (χ1) is 11.5. The lowest BCUT2D eigenvalue weighted by atomic mass is 10.2. The van der Waals surface area contributed by atoms with Gasteiger partial charge in [0.05, 0.1) is 18.7 Å². The second kappa shape index (κ2) is 8.49. The Morgan fingerprint density at radius 2 is 1.92 bits per heavy atom. The van der Waals surface area contributed by atoms with Crippen molar-refractivity contribution in [3.63, 3.8) is 0 Å². The predicted molar refractivity (Wildman–Crippen MR) is 97.5 cm³/mol. The molecule has 0 fully saturated rings. The average molecular weight is 391 g/mol. The van der Waals surface area contributed by atoms with Gasteiger partial charge in [0.1, 0.15) is 5.75 Å². The highest BCUT2D eigenvalue weighted by Gasteiger charge is 2.13. The SMILES string of the molecule is CCOc1ccccc1C(=O)NCC(=O)Nc1ccc(Br)c(C)c1. The largest absolute Gasteiger partial charge is 0.493 e. The lowest BCUT2D eigenvalue weighted by Crippen LogP contribution is -2.33. The lowest BCUT2D eigenvalue weighted by molar-refractivity contribution is -0.115. The van der Waals surface area contributed by atoms with Crippen LogP contribution < -0.4 is 15.4 Å². The number of carbonyl (C=O) groups is 2. The van der Waals surface area contributed by atoms with Crippen molar-refractivity contribution in [1.82, 2.24) is 5.32 Å². The third kappa shape index (κ3) is 4.83. The number of nitrogens with one attached hydrogen (secondary N) is 2. The van der Waals surface area contributed by atoms with E-state index in [1.54, 1.807) is 30.3 Å². The molecule has 0 saturated heterocycles. The molecule has 5 nitrogen and oxygen atoms in total. The summed E-state index contributed by atoms with van der Waals surface area (Å²) in [5.41, 5.74) is 2.11. The van der Waals surface area contributed by atoms with Crippen molar-refractivity contribution in [2.45, 2.75) is 13.8 Å². The van der Waals surface area contributed by atoms with E-state index in [0.717, 1.165) is 10.0 Å². The number of amides is 2. The third-order valence-corrected chi connectivity index (χ3v) is 4.17.